The lowest BCUT2D eigenvalue weighted by atomic mass is 10.1. The number of hydrogen-bond acceptors (Lipinski definition) is 3. The van der Waals surface area contributed by atoms with Gasteiger partial charge in [-0.2, -0.15) is 0 Å². The Morgan fingerprint density at radius 1 is 1.38 bits per heavy atom. The Kier molecular flexibility index (Phi) is 6.55. The van der Waals surface area contributed by atoms with E-state index >= 15 is 0 Å². The molecule has 0 heterocycles. The molecule has 2 atom stereocenters. The summed E-state index contributed by atoms with van der Waals surface area (Å²) in [6, 6.07) is 4.73. The third kappa shape index (κ3) is 4.78. The molecule has 0 aromatic heterocycles. The normalized spacial score (nSPS) is 15.0. The Balaban J connectivity index is 3.12. The number of anilines is 1. The highest BCUT2D eigenvalue weighted by atomic mass is 28.4. The third-order valence-corrected chi connectivity index (χ3v) is 9.17. The number of aliphatic hydroxyl groups is 1. The molecule has 7 heteroatoms. The SMILES string of the molecule is C[C@@H]([C@@H](CO)O[Si](C)(C)C(C)(C)C)N(C(=O)O)c1cccc(F)c1. The van der Waals surface area contributed by atoms with E-state index in [4.69, 9.17) is 4.43 Å². The Morgan fingerprint density at radius 2 is 1.96 bits per heavy atom. The number of aliphatic hydroxyl groups excluding tert-OH is 1. The van der Waals surface area contributed by atoms with Gasteiger partial charge in [-0.25, -0.2) is 9.18 Å². The molecule has 0 bridgehead atoms. The quantitative estimate of drug-likeness (QED) is 0.753. The van der Waals surface area contributed by atoms with Crippen LogP contribution in [0.2, 0.25) is 18.1 Å². The second-order valence-corrected chi connectivity index (χ2v) is 12.2. The smallest absolute Gasteiger partial charge is 0.412 e. The maximum absolute atomic E-state index is 13.5. The summed E-state index contributed by atoms with van der Waals surface area (Å²) in [6.07, 6.45) is -1.91. The van der Waals surface area contributed by atoms with Gasteiger partial charge >= 0.3 is 6.09 Å². The standard InChI is InChI=1S/C17H28FNO4Si/c1-12(15(11-20)23-24(5,6)17(2,3)4)19(16(21)22)14-9-7-8-13(18)10-14/h7-10,12,15,20H,11H2,1-6H3,(H,21,22)/t12-,15+/m0/s1. The average molecular weight is 357 g/mol. The van der Waals surface area contributed by atoms with Gasteiger partial charge in [-0.15, -0.1) is 0 Å². The fourth-order valence-electron chi connectivity index (χ4n) is 2.16. The molecule has 5 nitrogen and oxygen atoms in total. The summed E-state index contributed by atoms with van der Waals surface area (Å²) < 4.78 is 19.7. The minimum atomic E-state index is -2.20. The van der Waals surface area contributed by atoms with Crippen LogP contribution in [0.25, 0.3) is 0 Å². The predicted octanol–water partition coefficient (Wildman–Crippen LogP) is 4.08. The Labute approximate surface area is 144 Å². The number of rotatable bonds is 6. The van der Waals surface area contributed by atoms with Gasteiger partial charge < -0.3 is 14.6 Å². The summed E-state index contributed by atoms with van der Waals surface area (Å²) in [5.74, 6) is -0.517. The molecule has 0 aliphatic rings. The second-order valence-electron chi connectivity index (χ2n) is 7.47. The van der Waals surface area contributed by atoms with Crippen molar-refractivity contribution in [1.29, 1.82) is 0 Å². The number of amides is 1. The molecule has 2 N–H and O–H groups in total. The van der Waals surface area contributed by atoms with Crippen molar-refractivity contribution in [1.82, 2.24) is 0 Å². The number of hydrogen-bond donors (Lipinski definition) is 2. The van der Waals surface area contributed by atoms with Gasteiger partial charge in [0.15, 0.2) is 8.32 Å². The highest BCUT2D eigenvalue weighted by Gasteiger charge is 2.41. The number of halogens is 1. The van der Waals surface area contributed by atoms with E-state index < -0.39 is 32.4 Å². The van der Waals surface area contributed by atoms with Gasteiger partial charge in [-0.3, -0.25) is 4.90 Å². The van der Waals surface area contributed by atoms with Crippen molar-refractivity contribution in [2.24, 2.45) is 0 Å². The van der Waals surface area contributed by atoms with Crippen LogP contribution in [0.5, 0.6) is 0 Å². The topological polar surface area (TPSA) is 70.0 Å². The van der Waals surface area contributed by atoms with E-state index in [2.05, 4.69) is 20.8 Å². The van der Waals surface area contributed by atoms with Gasteiger partial charge in [0.25, 0.3) is 0 Å². The zero-order valence-corrected chi connectivity index (χ0v) is 16.2. The third-order valence-electron chi connectivity index (χ3n) is 4.67. The Bertz CT molecular complexity index is 574. The summed E-state index contributed by atoms with van der Waals surface area (Å²) in [6.45, 7) is 11.6. The van der Waals surface area contributed by atoms with E-state index in [0.29, 0.717) is 0 Å². The first-order valence-corrected chi connectivity index (χ1v) is 10.9. The van der Waals surface area contributed by atoms with Crippen molar-refractivity contribution in [3.05, 3.63) is 30.1 Å². The molecule has 0 fully saturated rings. The van der Waals surface area contributed by atoms with E-state index in [1.165, 1.54) is 18.2 Å². The Morgan fingerprint density at radius 3 is 2.38 bits per heavy atom. The highest BCUT2D eigenvalue weighted by Crippen LogP contribution is 2.38. The first kappa shape index (κ1) is 20.6. The van der Waals surface area contributed by atoms with E-state index in [1.807, 2.05) is 13.1 Å². The molecule has 1 aromatic carbocycles. The number of carboxylic acid groups (broad SMARTS) is 1. The molecule has 0 aliphatic heterocycles. The van der Waals surface area contributed by atoms with E-state index in [1.54, 1.807) is 6.92 Å². The van der Waals surface area contributed by atoms with Crippen LogP contribution < -0.4 is 4.90 Å². The van der Waals surface area contributed by atoms with Crippen LogP contribution >= 0.6 is 0 Å². The number of nitrogens with zero attached hydrogens (tertiary/aromatic N) is 1. The molecule has 0 saturated heterocycles. The molecule has 24 heavy (non-hydrogen) atoms. The maximum Gasteiger partial charge on any atom is 0.412 e. The molecule has 1 rings (SSSR count). The van der Waals surface area contributed by atoms with Crippen LogP contribution in [-0.2, 0) is 4.43 Å². The van der Waals surface area contributed by atoms with Gasteiger partial charge in [0.2, 0.25) is 0 Å². The zero-order chi connectivity index (χ0) is 18.7. The predicted molar refractivity (Wildman–Crippen MR) is 95.5 cm³/mol. The second kappa shape index (κ2) is 7.63. The van der Waals surface area contributed by atoms with Gasteiger partial charge in [-0.1, -0.05) is 26.8 Å². The van der Waals surface area contributed by atoms with Gasteiger partial charge in [0.1, 0.15) is 5.82 Å². The molecule has 0 spiro atoms. The number of carbonyl (C=O) groups is 1. The van der Waals surface area contributed by atoms with Crippen LogP contribution in [0, 0.1) is 5.82 Å². The summed E-state index contributed by atoms with van der Waals surface area (Å²) in [4.78, 5) is 12.8. The van der Waals surface area contributed by atoms with Crippen molar-refractivity contribution < 1.29 is 23.8 Å². The van der Waals surface area contributed by atoms with Crippen molar-refractivity contribution in [2.75, 3.05) is 11.5 Å². The zero-order valence-electron chi connectivity index (χ0n) is 15.2. The van der Waals surface area contributed by atoms with E-state index in [9.17, 15) is 19.4 Å². The molecule has 1 aromatic rings. The van der Waals surface area contributed by atoms with Gasteiger partial charge in [0.05, 0.1) is 24.4 Å². The lowest BCUT2D eigenvalue weighted by Crippen LogP contribution is -2.53. The Hall–Kier alpha value is -1.44. The van der Waals surface area contributed by atoms with Crippen molar-refractivity contribution in [3.8, 4) is 0 Å². The lowest BCUT2D eigenvalue weighted by molar-refractivity contribution is 0.0832. The minimum absolute atomic E-state index is 0.0763. The fraction of sp³-hybridized carbons (Fsp3) is 0.588. The molecule has 0 unspecified atom stereocenters. The van der Waals surface area contributed by atoms with Gasteiger partial charge in [-0.05, 0) is 43.3 Å². The van der Waals surface area contributed by atoms with Crippen LogP contribution in [-0.4, -0.2) is 43.4 Å². The molecular weight excluding hydrogens is 329 g/mol. The molecule has 0 radical (unpaired) electrons. The summed E-state index contributed by atoms with van der Waals surface area (Å²) in [5, 5.41) is 19.3. The maximum atomic E-state index is 13.5. The first-order valence-electron chi connectivity index (χ1n) is 7.97. The number of benzene rings is 1. The van der Waals surface area contributed by atoms with Crippen LogP contribution in [0.1, 0.15) is 27.7 Å². The first-order chi connectivity index (χ1) is 10.9. The van der Waals surface area contributed by atoms with Crippen LogP contribution in [0.4, 0.5) is 14.9 Å². The molecular formula is C17H28FNO4Si. The molecule has 0 saturated carbocycles. The highest BCUT2D eigenvalue weighted by molar-refractivity contribution is 6.74. The van der Waals surface area contributed by atoms with E-state index in [-0.39, 0.29) is 17.3 Å². The monoisotopic (exact) mass is 357 g/mol. The van der Waals surface area contributed by atoms with E-state index in [0.717, 1.165) is 11.0 Å². The van der Waals surface area contributed by atoms with Crippen molar-refractivity contribution in [3.63, 3.8) is 0 Å². The fourth-order valence-corrected chi connectivity index (χ4v) is 3.54. The largest absolute Gasteiger partial charge is 0.465 e. The van der Waals surface area contributed by atoms with Crippen molar-refractivity contribution >= 4 is 20.1 Å². The van der Waals surface area contributed by atoms with Gasteiger partial charge in [0, 0.05) is 0 Å². The van der Waals surface area contributed by atoms with Crippen LogP contribution in [0.15, 0.2) is 24.3 Å². The lowest BCUT2D eigenvalue weighted by Gasteiger charge is -2.42. The molecule has 136 valence electrons. The van der Waals surface area contributed by atoms with Crippen LogP contribution in [0.3, 0.4) is 0 Å². The minimum Gasteiger partial charge on any atom is -0.465 e. The van der Waals surface area contributed by atoms with Crippen molar-refractivity contribution in [2.45, 2.75) is 58.0 Å². The average Bonchev–Trinajstić information content (AvgIpc) is 2.43. The molecule has 1 amide bonds. The molecule has 0 aliphatic carbocycles. The summed E-state index contributed by atoms with van der Waals surface area (Å²) in [7, 11) is -2.20. The summed E-state index contributed by atoms with van der Waals surface area (Å²) in [5.41, 5.74) is 0.215. The summed E-state index contributed by atoms with van der Waals surface area (Å²) >= 11 is 0.